The molecule has 10 unspecified atom stereocenters. The third kappa shape index (κ3) is 5.04. The van der Waals surface area contributed by atoms with Gasteiger partial charge in [0.25, 0.3) is 0 Å². The van der Waals surface area contributed by atoms with Gasteiger partial charge in [-0.05, 0) is 121 Å². The highest BCUT2D eigenvalue weighted by molar-refractivity contribution is 5.87. The van der Waals surface area contributed by atoms with Crippen molar-refractivity contribution in [3.63, 3.8) is 0 Å². The summed E-state index contributed by atoms with van der Waals surface area (Å²) in [5.74, 6) is 0.0159. The Kier molecular flexibility index (Phi) is 8.35. The molecule has 10 atom stereocenters. The number of phenols is 1. The molecule has 0 amide bonds. The van der Waals surface area contributed by atoms with Crippen LogP contribution in [-0.2, 0) is 19.1 Å². The van der Waals surface area contributed by atoms with Crippen LogP contribution in [0.4, 0.5) is 0 Å². The summed E-state index contributed by atoms with van der Waals surface area (Å²) < 4.78 is 11.5. The van der Waals surface area contributed by atoms with Gasteiger partial charge in [-0.25, -0.2) is 4.79 Å². The monoisotopic (exact) mass is 648 g/mol. The molecule has 4 fully saturated rings. The standard InChI is InChI=1S/C40H56O7/c1-35(2)18-20-40(34(45)46-7)21-19-38(5)27(28(40)22-35)13-14-31-36(3)23-29(43)33(37(4,24-41)30(36)16-17-39(31,38)6)47-32(44)15-10-25-8-11-26(42)12-9-25/h8-13,15,28-31,33,41-43H,14,16-24H2,1-7H3. The maximum absolute atomic E-state index is 13.5. The lowest BCUT2D eigenvalue weighted by Gasteiger charge is -2.71. The molecular weight excluding hydrogens is 592 g/mol. The first-order valence-electron chi connectivity index (χ1n) is 17.8. The Morgan fingerprint density at radius 1 is 0.936 bits per heavy atom. The lowest BCUT2D eigenvalue weighted by Crippen LogP contribution is -2.68. The van der Waals surface area contributed by atoms with Crippen LogP contribution < -0.4 is 0 Å². The molecule has 5 aliphatic carbocycles. The fourth-order valence-corrected chi connectivity index (χ4v) is 12.1. The second kappa shape index (κ2) is 11.5. The van der Waals surface area contributed by atoms with Crippen molar-refractivity contribution < 1.29 is 34.4 Å². The summed E-state index contributed by atoms with van der Waals surface area (Å²) in [5.41, 5.74) is 0.643. The van der Waals surface area contributed by atoms with E-state index in [4.69, 9.17) is 9.47 Å². The minimum atomic E-state index is -0.919. The lowest BCUT2D eigenvalue weighted by molar-refractivity contribution is -0.249. The van der Waals surface area contributed by atoms with Crippen LogP contribution in [-0.4, -0.2) is 53.2 Å². The third-order valence-corrected chi connectivity index (χ3v) is 14.8. The van der Waals surface area contributed by atoms with Gasteiger partial charge in [0, 0.05) is 11.5 Å². The number of esters is 2. The number of rotatable bonds is 5. The molecule has 6 rings (SSSR count). The normalized spacial score (nSPS) is 43.9. The number of ether oxygens (including phenoxy) is 2. The molecule has 1 aromatic carbocycles. The number of allylic oxidation sites excluding steroid dienone is 2. The van der Waals surface area contributed by atoms with E-state index in [0.29, 0.717) is 6.42 Å². The Labute approximate surface area is 280 Å². The van der Waals surface area contributed by atoms with E-state index >= 15 is 0 Å². The Hall–Kier alpha value is -2.64. The van der Waals surface area contributed by atoms with E-state index in [-0.39, 0.29) is 57.7 Å². The van der Waals surface area contributed by atoms with Crippen molar-refractivity contribution in [2.24, 2.45) is 50.2 Å². The van der Waals surface area contributed by atoms with Crippen LogP contribution in [0.1, 0.15) is 105 Å². The number of aliphatic hydroxyl groups excluding tert-OH is 2. The second-order valence-corrected chi connectivity index (χ2v) is 17.6. The average Bonchev–Trinajstić information content (AvgIpc) is 3.02. The third-order valence-electron chi connectivity index (χ3n) is 14.8. The van der Waals surface area contributed by atoms with Crippen molar-refractivity contribution in [3.8, 4) is 5.75 Å². The highest BCUT2D eigenvalue weighted by Gasteiger charge is 2.71. The van der Waals surface area contributed by atoms with Gasteiger partial charge in [-0.15, -0.1) is 0 Å². The molecule has 0 aromatic heterocycles. The summed E-state index contributed by atoms with van der Waals surface area (Å²) >= 11 is 0. The highest BCUT2D eigenvalue weighted by Crippen LogP contribution is 2.76. The summed E-state index contributed by atoms with van der Waals surface area (Å²) in [7, 11) is 1.54. The number of carbonyl (C=O) groups excluding carboxylic acids is 2. The van der Waals surface area contributed by atoms with Gasteiger partial charge in [-0.2, -0.15) is 0 Å². The SMILES string of the molecule is COC(=O)C12CCC(C)(C)CC1C1=CCC3C4(C)CC(O)C(OC(=O)C=Cc5ccc(O)cc5)C(C)(CO)C4CCC3(C)C1(C)CC2. The minimum absolute atomic E-state index is 0.0449. The topological polar surface area (TPSA) is 113 Å². The fraction of sp³-hybridized carbons (Fsp3) is 0.700. The largest absolute Gasteiger partial charge is 0.508 e. The second-order valence-electron chi connectivity index (χ2n) is 17.6. The zero-order valence-electron chi connectivity index (χ0n) is 29.5. The van der Waals surface area contributed by atoms with E-state index < -0.39 is 29.0 Å². The molecule has 7 heteroatoms. The number of methoxy groups -OCH3 is 1. The Bertz CT molecular complexity index is 1460. The van der Waals surface area contributed by atoms with Crippen molar-refractivity contribution >= 4 is 18.0 Å². The quantitative estimate of drug-likeness (QED) is 0.175. The van der Waals surface area contributed by atoms with Crippen molar-refractivity contribution in [2.75, 3.05) is 13.7 Å². The highest BCUT2D eigenvalue weighted by atomic mass is 16.6. The maximum atomic E-state index is 13.5. The number of aliphatic hydroxyl groups is 2. The Morgan fingerprint density at radius 2 is 1.62 bits per heavy atom. The molecule has 0 spiro atoms. The number of benzene rings is 1. The first-order valence-corrected chi connectivity index (χ1v) is 17.8. The number of fused-ring (bicyclic) bond motifs is 7. The van der Waals surface area contributed by atoms with Gasteiger partial charge in [0.2, 0.25) is 0 Å². The molecule has 3 N–H and O–H groups in total. The van der Waals surface area contributed by atoms with Gasteiger partial charge in [0.1, 0.15) is 11.9 Å². The van der Waals surface area contributed by atoms with E-state index in [0.717, 1.165) is 56.9 Å². The summed E-state index contributed by atoms with van der Waals surface area (Å²) in [4.78, 5) is 26.6. The molecule has 5 aliphatic rings. The molecule has 0 heterocycles. The van der Waals surface area contributed by atoms with E-state index in [9.17, 15) is 24.9 Å². The Balaban J connectivity index is 1.31. The molecule has 0 aliphatic heterocycles. The summed E-state index contributed by atoms with van der Waals surface area (Å²) in [6.45, 7) is 13.7. The maximum Gasteiger partial charge on any atom is 0.331 e. The van der Waals surface area contributed by atoms with Gasteiger partial charge in [-0.3, -0.25) is 4.79 Å². The first-order chi connectivity index (χ1) is 22.0. The molecule has 0 saturated heterocycles. The van der Waals surface area contributed by atoms with E-state index in [2.05, 4.69) is 40.7 Å². The zero-order valence-corrected chi connectivity index (χ0v) is 29.5. The number of phenolic OH excluding ortho intramolecular Hbond substituents is 1. The van der Waals surface area contributed by atoms with Crippen LogP contribution in [0, 0.1) is 50.2 Å². The van der Waals surface area contributed by atoms with Crippen molar-refractivity contribution in [2.45, 2.75) is 112 Å². The minimum Gasteiger partial charge on any atom is -0.508 e. The smallest absolute Gasteiger partial charge is 0.331 e. The van der Waals surface area contributed by atoms with Crippen LogP contribution in [0.5, 0.6) is 5.75 Å². The van der Waals surface area contributed by atoms with E-state index in [1.807, 2.05) is 6.92 Å². The summed E-state index contributed by atoms with van der Waals surface area (Å²) in [6.07, 6.45) is 11.6. The molecule has 0 bridgehead atoms. The fourth-order valence-electron chi connectivity index (χ4n) is 12.1. The zero-order chi connectivity index (χ0) is 34.2. The molecular formula is C40H56O7. The van der Waals surface area contributed by atoms with Crippen molar-refractivity contribution in [1.82, 2.24) is 0 Å². The first kappa shape index (κ1) is 34.2. The summed E-state index contributed by atoms with van der Waals surface area (Å²) in [5, 5.41) is 32.4. The molecule has 0 radical (unpaired) electrons. The van der Waals surface area contributed by atoms with E-state index in [1.165, 1.54) is 11.6 Å². The van der Waals surface area contributed by atoms with Gasteiger partial charge in [0.05, 0.1) is 25.2 Å². The molecule has 7 nitrogen and oxygen atoms in total. The molecule has 47 heavy (non-hydrogen) atoms. The van der Waals surface area contributed by atoms with Crippen molar-refractivity contribution in [1.29, 1.82) is 0 Å². The van der Waals surface area contributed by atoms with Gasteiger partial charge in [0.15, 0.2) is 0 Å². The van der Waals surface area contributed by atoms with Crippen molar-refractivity contribution in [3.05, 3.63) is 47.6 Å². The van der Waals surface area contributed by atoms with Crippen LogP contribution in [0.2, 0.25) is 0 Å². The molecule has 1 aromatic rings. The van der Waals surface area contributed by atoms with Crippen LogP contribution >= 0.6 is 0 Å². The Morgan fingerprint density at radius 3 is 2.28 bits per heavy atom. The van der Waals surface area contributed by atoms with Gasteiger partial charge >= 0.3 is 11.9 Å². The average molecular weight is 649 g/mol. The predicted octanol–water partition coefficient (Wildman–Crippen LogP) is 7.24. The molecule has 4 saturated carbocycles. The van der Waals surface area contributed by atoms with E-state index in [1.54, 1.807) is 37.5 Å². The van der Waals surface area contributed by atoms with Crippen LogP contribution in [0.3, 0.4) is 0 Å². The predicted molar refractivity (Wildman–Crippen MR) is 181 cm³/mol. The number of aromatic hydroxyl groups is 1. The molecule has 258 valence electrons. The van der Waals surface area contributed by atoms with Crippen LogP contribution in [0.25, 0.3) is 6.08 Å². The summed E-state index contributed by atoms with van der Waals surface area (Å²) in [6, 6.07) is 6.52. The van der Waals surface area contributed by atoms with Gasteiger partial charge in [-0.1, -0.05) is 65.3 Å². The number of hydrogen-bond donors (Lipinski definition) is 3. The van der Waals surface area contributed by atoms with Gasteiger partial charge < -0.3 is 24.8 Å². The number of carbonyl (C=O) groups is 2. The lowest BCUT2D eigenvalue weighted by atomic mass is 9.33. The van der Waals surface area contributed by atoms with Crippen LogP contribution in [0.15, 0.2) is 42.0 Å². The number of hydrogen-bond acceptors (Lipinski definition) is 7.